The van der Waals surface area contributed by atoms with Gasteiger partial charge in [-0.2, -0.15) is 0 Å². The number of nitrogens with one attached hydrogen (secondary N) is 2. The van der Waals surface area contributed by atoms with Gasteiger partial charge in [-0.15, -0.1) is 0 Å². The molecule has 0 unspecified atom stereocenters. The predicted molar refractivity (Wildman–Crippen MR) is 108 cm³/mol. The van der Waals surface area contributed by atoms with E-state index in [4.69, 9.17) is 0 Å². The van der Waals surface area contributed by atoms with E-state index in [1.54, 1.807) is 0 Å². The molecule has 2 aromatic carbocycles. The summed E-state index contributed by atoms with van der Waals surface area (Å²) in [6, 6.07) is 15.8. The summed E-state index contributed by atoms with van der Waals surface area (Å²) in [7, 11) is 0. The van der Waals surface area contributed by atoms with E-state index in [1.165, 1.54) is 0 Å². The van der Waals surface area contributed by atoms with Gasteiger partial charge in [-0.05, 0) is 22.6 Å². The zero-order valence-electron chi connectivity index (χ0n) is 16.4. The van der Waals surface area contributed by atoms with Gasteiger partial charge in [0, 0.05) is 12.1 Å². The van der Waals surface area contributed by atoms with E-state index >= 15 is 0 Å². The van der Waals surface area contributed by atoms with E-state index < -0.39 is 18.0 Å². The van der Waals surface area contributed by atoms with Gasteiger partial charge in [-0.3, -0.25) is 14.5 Å². The van der Waals surface area contributed by atoms with Crippen molar-refractivity contribution in [3.63, 3.8) is 0 Å². The lowest BCUT2D eigenvalue weighted by Gasteiger charge is -2.23. The Morgan fingerprint density at radius 2 is 1.68 bits per heavy atom. The normalized spacial score (nSPS) is 16.8. The maximum absolute atomic E-state index is 12.6. The van der Waals surface area contributed by atoms with Crippen molar-refractivity contribution in [2.45, 2.75) is 38.6 Å². The van der Waals surface area contributed by atoms with Gasteiger partial charge in [-0.1, -0.05) is 69.3 Å². The number of nitrogens with zero attached hydrogens (tertiary/aromatic N) is 1. The number of carbonyl (C=O) groups is 3. The smallest absolute Gasteiger partial charge is 0.325 e. The first-order chi connectivity index (χ1) is 13.3. The Morgan fingerprint density at radius 3 is 2.36 bits per heavy atom. The topological polar surface area (TPSA) is 78.5 Å². The third-order valence-corrected chi connectivity index (χ3v) is 4.70. The number of benzene rings is 2. The highest BCUT2D eigenvalue weighted by atomic mass is 16.2. The number of carbonyl (C=O) groups excluding carboxylic acids is 3. The number of rotatable bonds is 5. The highest BCUT2D eigenvalue weighted by molar-refractivity contribution is 6.08. The Balaban J connectivity index is 1.66. The lowest BCUT2D eigenvalue weighted by Crippen LogP contribution is -2.38. The van der Waals surface area contributed by atoms with Crippen LogP contribution in [0, 0.1) is 0 Å². The van der Waals surface area contributed by atoms with Crippen LogP contribution < -0.4 is 10.6 Å². The molecule has 0 saturated carbocycles. The monoisotopic (exact) mass is 379 g/mol. The Hall–Kier alpha value is -3.15. The maximum Gasteiger partial charge on any atom is 0.325 e. The lowest BCUT2D eigenvalue weighted by molar-refractivity contribution is -0.130. The molecular formula is C22H25N3O3. The Morgan fingerprint density at radius 1 is 1.04 bits per heavy atom. The first-order valence-electron chi connectivity index (χ1n) is 9.31. The minimum Gasteiger partial charge on any atom is -0.325 e. The van der Waals surface area contributed by atoms with Crippen LogP contribution in [-0.4, -0.2) is 35.3 Å². The average molecular weight is 379 g/mol. The highest BCUT2D eigenvalue weighted by Gasteiger charge is 2.38. The van der Waals surface area contributed by atoms with Crippen molar-refractivity contribution in [3.05, 3.63) is 65.7 Å². The second-order valence-electron chi connectivity index (χ2n) is 7.96. The largest absolute Gasteiger partial charge is 0.325 e. The van der Waals surface area contributed by atoms with Crippen LogP contribution in [0.1, 0.15) is 31.9 Å². The summed E-state index contributed by atoms with van der Waals surface area (Å²) in [6.45, 7) is 5.87. The van der Waals surface area contributed by atoms with Crippen LogP contribution in [0.4, 0.5) is 10.5 Å². The van der Waals surface area contributed by atoms with Crippen LogP contribution in [-0.2, 0) is 21.4 Å². The molecule has 1 saturated heterocycles. The van der Waals surface area contributed by atoms with E-state index in [0.29, 0.717) is 12.1 Å². The highest BCUT2D eigenvalue weighted by Crippen LogP contribution is 2.29. The predicted octanol–water partition coefficient (Wildman–Crippen LogP) is 3.09. The molecule has 3 rings (SSSR count). The van der Waals surface area contributed by atoms with Gasteiger partial charge >= 0.3 is 6.03 Å². The molecule has 0 aliphatic carbocycles. The van der Waals surface area contributed by atoms with Gasteiger partial charge in [0.15, 0.2) is 0 Å². The molecular weight excluding hydrogens is 354 g/mol. The van der Waals surface area contributed by atoms with Gasteiger partial charge in [0.05, 0.1) is 0 Å². The molecule has 0 radical (unpaired) electrons. The van der Waals surface area contributed by atoms with Crippen molar-refractivity contribution in [3.8, 4) is 0 Å². The summed E-state index contributed by atoms with van der Waals surface area (Å²) in [5.41, 5.74) is 2.48. The van der Waals surface area contributed by atoms with Crippen LogP contribution in [0.5, 0.6) is 0 Å². The molecule has 1 heterocycles. The van der Waals surface area contributed by atoms with Crippen LogP contribution in [0.2, 0.25) is 0 Å². The quantitative estimate of drug-likeness (QED) is 0.784. The number of imide groups is 1. The van der Waals surface area contributed by atoms with Gasteiger partial charge < -0.3 is 10.6 Å². The van der Waals surface area contributed by atoms with Gasteiger partial charge in [0.2, 0.25) is 5.91 Å². The molecule has 0 spiro atoms. The summed E-state index contributed by atoms with van der Waals surface area (Å²) in [4.78, 5) is 38.3. The van der Waals surface area contributed by atoms with Crippen LogP contribution >= 0.6 is 0 Å². The molecule has 28 heavy (non-hydrogen) atoms. The summed E-state index contributed by atoms with van der Waals surface area (Å²) in [6.07, 6.45) is 0.399. The number of amides is 4. The second kappa shape index (κ2) is 7.84. The number of hydrogen-bond acceptors (Lipinski definition) is 3. The van der Waals surface area contributed by atoms with Crippen molar-refractivity contribution in [1.29, 1.82) is 0 Å². The molecule has 1 aliphatic rings. The number of urea groups is 1. The molecule has 6 nitrogen and oxygen atoms in total. The molecule has 1 atom stereocenters. The van der Waals surface area contributed by atoms with Gasteiger partial charge in [-0.25, -0.2) is 4.79 Å². The SMILES string of the molecule is CC(C)(C)c1ccccc1NC(=O)CN1C(=O)N[C@H](Cc2ccccc2)C1=O. The van der Waals surface area contributed by atoms with E-state index in [2.05, 4.69) is 31.4 Å². The molecule has 2 N–H and O–H groups in total. The van der Waals surface area contributed by atoms with Crippen molar-refractivity contribution >= 4 is 23.5 Å². The van der Waals surface area contributed by atoms with Gasteiger partial charge in [0.1, 0.15) is 12.6 Å². The van der Waals surface area contributed by atoms with Crippen molar-refractivity contribution < 1.29 is 14.4 Å². The van der Waals surface area contributed by atoms with E-state index in [9.17, 15) is 14.4 Å². The number of para-hydroxylation sites is 1. The Kier molecular flexibility index (Phi) is 5.49. The molecule has 2 aromatic rings. The molecule has 6 heteroatoms. The van der Waals surface area contributed by atoms with Crippen LogP contribution in [0.3, 0.4) is 0 Å². The van der Waals surface area contributed by atoms with Crippen LogP contribution in [0.15, 0.2) is 54.6 Å². The lowest BCUT2D eigenvalue weighted by atomic mass is 9.86. The van der Waals surface area contributed by atoms with E-state index in [1.807, 2.05) is 54.6 Å². The van der Waals surface area contributed by atoms with Crippen molar-refractivity contribution in [2.24, 2.45) is 0 Å². The van der Waals surface area contributed by atoms with Crippen molar-refractivity contribution in [1.82, 2.24) is 10.2 Å². The molecule has 0 aromatic heterocycles. The molecule has 1 aliphatic heterocycles. The number of anilines is 1. The second-order valence-corrected chi connectivity index (χ2v) is 7.96. The summed E-state index contributed by atoms with van der Waals surface area (Å²) >= 11 is 0. The fraction of sp³-hybridized carbons (Fsp3) is 0.318. The average Bonchev–Trinajstić information content (AvgIpc) is 2.89. The first kappa shape index (κ1) is 19.6. The molecule has 0 bridgehead atoms. The zero-order chi connectivity index (χ0) is 20.3. The summed E-state index contributed by atoms with van der Waals surface area (Å²) in [5.74, 6) is -0.784. The molecule has 1 fully saturated rings. The maximum atomic E-state index is 12.6. The van der Waals surface area contributed by atoms with Crippen molar-refractivity contribution in [2.75, 3.05) is 11.9 Å². The number of hydrogen-bond donors (Lipinski definition) is 2. The first-order valence-corrected chi connectivity index (χ1v) is 9.31. The molecule has 4 amide bonds. The third kappa shape index (κ3) is 4.39. The fourth-order valence-corrected chi connectivity index (χ4v) is 3.29. The van der Waals surface area contributed by atoms with Gasteiger partial charge in [0.25, 0.3) is 5.91 Å². The zero-order valence-corrected chi connectivity index (χ0v) is 16.4. The standard InChI is InChI=1S/C22H25N3O3/c1-22(2,3)16-11-7-8-12-17(16)23-19(26)14-25-20(27)18(24-21(25)28)13-15-9-5-4-6-10-15/h4-12,18H,13-14H2,1-3H3,(H,23,26)(H,24,28)/t18-/m1/s1. The molecule has 146 valence electrons. The minimum absolute atomic E-state index is 0.147. The summed E-state index contributed by atoms with van der Waals surface area (Å²) in [5, 5.41) is 5.50. The Bertz CT molecular complexity index is 887. The van der Waals surface area contributed by atoms with E-state index in [-0.39, 0.29) is 17.9 Å². The Labute approximate surface area is 164 Å². The minimum atomic E-state index is -0.649. The summed E-state index contributed by atoms with van der Waals surface area (Å²) < 4.78 is 0. The fourth-order valence-electron chi connectivity index (χ4n) is 3.29. The van der Waals surface area contributed by atoms with Crippen LogP contribution in [0.25, 0.3) is 0 Å². The third-order valence-electron chi connectivity index (χ3n) is 4.70. The van der Waals surface area contributed by atoms with E-state index in [0.717, 1.165) is 16.0 Å².